The monoisotopic (exact) mass is 682 g/mol. The van der Waals surface area contributed by atoms with Crippen molar-refractivity contribution in [3.63, 3.8) is 0 Å². The Bertz CT molecular complexity index is 1520. The van der Waals surface area contributed by atoms with Crippen LogP contribution in [0.25, 0.3) is 22.0 Å². The summed E-state index contributed by atoms with van der Waals surface area (Å²) >= 11 is 1.89. The molecule has 0 spiro atoms. The SMILES string of the molecule is Nc1cnnc2cc(-c3cc(B(O)O)ccc3OCCOCCOCCOCCNC(=O)CCCC[C@@H]3SC[C@@H]4NC(=O)N[C@@H]43)ccc12. The third kappa shape index (κ3) is 10.2. The molecular formula is C32H43BN6O8S. The van der Waals surface area contributed by atoms with Crippen LogP contribution in [0.4, 0.5) is 10.5 Å². The lowest BCUT2D eigenvalue weighted by molar-refractivity contribution is -0.121. The zero-order chi connectivity index (χ0) is 33.7. The second-order valence-corrected chi connectivity index (χ2v) is 12.8. The number of nitrogens with zero attached hydrogens (tertiary/aromatic N) is 2. The Kier molecular flexibility index (Phi) is 13.5. The molecule has 0 radical (unpaired) electrons. The van der Waals surface area contributed by atoms with Crippen molar-refractivity contribution in [2.45, 2.75) is 43.0 Å². The molecule has 16 heteroatoms. The van der Waals surface area contributed by atoms with E-state index in [1.807, 2.05) is 30.0 Å². The normalized spacial score (nSPS) is 18.4. The molecule has 3 aromatic rings. The molecule has 3 heterocycles. The van der Waals surface area contributed by atoms with Gasteiger partial charge in [-0.15, -0.1) is 0 Å². The van der Waals surface area contributed by atoms with E-state index in [1.54, 1.807) is 18.2 Å². The number of urea groups is 1. The van der Waals surface area contributed by atoms with E-state index < -0.39 is 7.12 Å². The summed E-state index contributed by atoms with van der Waals surface area (Å²) in [6.45, 7) is 3.10. The lowest BCUT2D eigenvalue weighted by Crippen LogP contribution is -2.36. The molecule has 48 heavy (non-hydrogen) atoms. The minimum Gasteiger partial charge on any atom is -0.491 e. The van der Waals surface area contributed by atoms with Gasteiger partial charge < -0.3 is 50.7 Å². The summed E-state index contributed by atoms with van der Waals surface area (Å²) < 4.78 is 22.7. The first-order valence-electron chi connectivity index (χ1n) is 16.2. The molecule has 2 aliphatic heterocycles. The smallest absolute Gasteiger partial charge is 0.488 e. The fourth-order valence-corrected chi connectivity index (χ4v) is 7.23. The minimum atomic E-state index is -1.62. The number of benzene rings is 2. The van der Waals surface area contributed by atoms with Gasteiger partial charge in [0, 0.05) is 34.9 Å². The van der Waals surface area contributed by atoms with Gasteiger partial charge in [-0.05, 0) is 42.1 Å². The maximum absolute atomic E-state index is 12.1. The number of rotatable bonds is 20. The molecule has 2 aliphatic rings. The molecule has 2 fully saturated rings. The molecule has 2 saturated heterocycles. The first-order valence-corrected chi connectivity index (χ1v) is 17.3. The van der Waals surface area contributed by atoms with E-state index in [1.165, 1.54) is 6.20 Å². The van der Waals surface area contributed by atoms with Crippen molar-refractivity contribution in [1.29, 1.82) is 0 Å². The second kappa shape index (κ2) is 18.2. The Morgan fingerprint density at radius 2 is 1.77 bits per heavy atom. The standard InChI is InChI=1S/C32H43BN6O8S/c34-25-19-36-39-26-17-21(5-7-23(25)26)24-18-22(33(42)43)6-8-28(24)47-16-15-46-14-13-45-12-11-44-10-9-35-30(40)4-2-1-3-29-31-27(20-48-29)37-32(41)38-31/h5-8,17-19,27,29,31,42-43H,1-4,9-16,20H2,(H2,34,39)(H,35,40)(H2,37,38,41)/t27-,29-,31-/m0/s1. The first-order chi connectivity index (χ1) is 23.4. The number of hydrogen-bond acceptors (Lipinski definition) is 12. The van der Waals surface area contributed by atoms with Crippen LogP contribution in [0.15, 0.2) is 42.6 Å². The summed E-state index contributed by atoms with van der Waals surface area (Å²) in [7, 11) is -1.62. The Hall–Kier alpha value is -3.67. The van der Waals surface area contributed by atoms with Gasteiger partial charge in [-0.25, -0.2) is 4.79 Å². The molecule has 7 N–H and O–H groups in total. The highest BCUT2D eigenvalue weighted by atomic mass is 32.2. The van der Waals surface area contributed by atoms with Crippen molar-refractivity contribution in [3.8, 4) is 16.9 Å². The van der Waals surface area contributed by atoms with E-state index in [2.05, 4.69) is 26.1 Å². The predicted octanol–water partition coefficient (Wildman–Crippen LogP) is 0.829. The van der Waals surface area contributed by atoms with E-state index in [4.69, 9.17) is 24.7 Å². The van der Waals surface area contributed by atoms with Crippen molar-refractivity contribution < 1.29 is 38.6 Å². The number of amides is 3. The van der Waals surface area contributed by atoms with E-state index in [0.717, 1.165) is 36.0 Å². The van der Waals surface area contributed by atoms with Crippen LogP contribution in [0.1, 0.15) is 25.7 Å². The van der Waals surface area contributed by atoms with Crippen LogP contribution < -0.4 is 31.9 Å². The van der Waals surface area contributed by atoms with Crippen LogP contribution in [0.3, 0.4) is 0 Å². The van der Waals surface area contributed by atoms with Crippen molar-refractivity contribution in [2.75, 3.05) is 64.3 Å². The number of carbonyl (C=O) groups is 2. The van der Waals surface area contributed by atoms with Gasteiger partial charge >= 0.3 is 13.1 Å². The largest absolute Gasteiger partial charge is 0.491 e. The molecule has 5 rings (SSSR count). The Morgan fingerprint density at radius 3 is 2.56 bits per heavy atom. The number of unbranched alkanes of at least 4 members (excludes halogenated alkanes) is 1. The van der Waals surface area contributed by atoms with Crippen LogP contribution >= 0.6 is 11.8 Å². The van der Waals surface area contributed by atoms with E-state index >= 15 is 0 Å². The molecule has 1 aromatic heterocycles. The number of nitrogens with two attached hydrogens (primary N) is 1. The van der Waals surface area contributed by atoms with Crippen LogP contribution in [-0.2, 0) is 19.0 Å². The number of carbonyl (C=O) groups excluding carboxylic acids is 2. The van der Waals surface area contributed by atoms with Crippen molar-refractivity contribution in [1.82, 2.24) is 26.1 Å². The van der Waals surface area contributed by atoms with Gasteiger partial charge in [0.15, 0.2) is 0 Å². The summed E-state index contributed by atoms with van der Waals surface area (Å²) in [5, 5.41) is 37.5. The third-order valence-corrected chi connectivity index (χ3v) is 9.67. The summed E-state index contributed by atoms with van der Waals surface area (Å²) in [5.74, 6) is 1.53. The van der Waals surface area contributed by atoms with Gasteiger partial charge in [-0.3, -0.25) is 4.79 Å². The molecule has 0 unspecified atom stereocenters. The van der Waals surface area contributed by atoms with E-state index in [9.17, 15) is 19.6 Å². The van der Waals surface area contributed by atoms with Crippen LogP contribution in [0, 0.1) is 0 Å². The highest BCUT2D eigenvalue weighted by Gasteiger charge is 2.42. The number of fused-ring (bicyclic) bond motifs is 2. The lowest BCUT2D eigenvalue weighted by Gasteiger charge is -2.16. The topological polar surface area (TPSA) is 199 Å². The van der Waals surface area contributed by atoms with E-state index in [0.29, 0.717) is 85.8 Å². The van der Waals surface area contributed by atoms with Crippen molar-refractivity contribution >= 4 is 52.9 Å². The first kappa shape index (κ1) is 35.6. The highest BCUT2D eigenvalue weighted by Crippen LogP contribution is 2.34. The zero-order valence-corrected chi connectivity index (χ0v) is 27.6. The highest BCUT2D eigenvalue weighted by molar-refractivity contribution is 8.00. The maximum atomic E-state index is 12.1. The van der Waals surface area contributed by atoms with Crippen molar-refractivity contribution in [3.05, 3.63) is 42.6 Å². The Morgan fingerprint density at radius 1 is 1.00 bits per heavy atom. The summed E-state index contributed by atoms with van der Waals surface area (Å²) in [6.07, 6.45) is 4.76. The van der Waals surface area contributed by atoms with Crippen LogP contribution in [0.5, 0.6) is 5.75 Å². The second-order valence-electron chi connectivity index (χ2n) is 11.6. The fourth-order valence-electron chi connectivity index (χ4n) is 5.69. The fraction of sp³-hybridized carbons (Fsp3) is 0.500. The average molecular weight is 683 g/mol. The molecule has 2 aromatic carbocycles. The molecule has 3 amide bonds. The number of hydrogen-bond donors (Lipinski definition) is 6. The van der Waals surface area contributed by atoms with Gasteiger partial charge in [-0.2, -0.15) is 22.0 Å². The number of thioether (sulfide) groups is 1. The van der Waals surface area contributed by atoms with Crippen LogP contribution in [-0.4, -0.2) is 115 Å². The number of nitrogens with one attached hydrogen (secondary N) is 3. The predicted molar refractivity (Wildman–Crippen MR) is 184 cm³/mol. The number of ether oxygens (including phenoxy) is 4. The summed E-state index contributed by atoms with van der Waals surface area (Å²) in [6, 6.07) is 10.9. The molecule has 0 saturated carbocycles. The molecule has 0 bridgehead atoms. The molecule has 3 atom stereocenters. The lowest BCUT2D eigenvalue weighted by atomic mass is 9.79. The van der Waals surface area contributed by atoms with Gasteiger partial charge in [0.2, 0.25) is 5.91 Å². The van der Waals surface area contributed by atoms with Gasteiger partial charge in [0.05, 0.1) is 69.1 Å². The molecule has 258 valence electrons. The number of nitrogen functional groups attached to an aromatic ring is 1. The zero-order valence-electron chi connectivity index (χ0n) is 26.8. The van der Waals surface area contributed by atoms with Gasteiger partial charge in [-0.1, -0.05) is 24.6 Å². The minimum absolute atomic E-state index is 0.0232. The third-order valence-electron chi connectivity index (χ3n) is 8.16. The number of aromatic nitrogens is 2. The number of anilines is 1. The van der Waals surface area contributed by atoms with Gasteiger partial charge in [0.1, 0.15) is 12.4 Å². The maximum Gasteiger partial charge on any atom is 0.488 e. The molecule has 14 nitrogen and oxygen atoms in total. The Balaban J connectivity index is 0.879. The quantitative estimate of drug-likeness (QED) is 0.0558. The molecular weight excluding hydrogens is 639 g/mol. The summed E-state index contributed by atoms with van der Waals surface area (Å²) in [4.78, 5) is 23.6. The molecule has 0 aliphatic carbocycles. The summed E-state index contributed by atoms with van der Waals surface area (Å²) in [5.41, 5.74) is 8.90. The van der Waals surface area contributed by atoms with Gasteiger partial charge in [0.25, 0.3) is 0 Å². The van der Waals surface area contributed by atoms with Crippen molar-refractivity contribution in [2.24, 2.45) is 0 Å². The average Bonchev–Trinajstić information content (AvgIpc) is 3.64. The Labute approximate surface area is 284 Å². The van der Waals surface area contributed by atoms with E-state index in [-0.39, 0.29) is 30.6 Å². The van der Waals surface area contributed by atoms with Crippen LogP contribution in [0.2, 0.25) is 0 Å².